The van der Waals surface area contributed by atoms with Crippen LogP contribution in [0, 0.1) is 0 Å². The van der Waals surface area contributed by atoms with Crippen LogP contribution in [0.15, 0.2) is 0 Å². The lowest BCUT2D eigenvalue weighted by atomic mass is 10.1. The van der Waals surface area contributed by atoms with E-state index in [0.29, 0.717) is 5.06 Å². The van der Waals surface area contributed by atoms with Crippen LogP contribution in [0.25, 0.3) is 0 Å². The quantitative estimate of drug-likeness (QED) is 0.362. The van der Waals surface area contributed by atoms with Crippen molar-refractivity contribution in [2.24, 2.45) is 0 Å². The van der Waals surface area contributed by atoms with Crippen molar-refractivity contribution in [3.8, 4) is 0 Å². The largest absolute Gasteiger partial charge is 0.333 e. The molecule has 1 rings (SSSR count). The summed E-state index contributed by atoms with van der Waals surface area (Å²) in [7, 11) is 0. The van der Waals surface area contributed by atoms with Gasteiger partial charge in [0.2, 0.25) is 0 Å². The van der Waals surface area contributed by atoms with Crippen molar-refractivity contribution in [2.45, 2.75) is 70.6 Å². The summed E-state index contributed by atoms with van der Waals surface area (Å²) < 4.78 is 0. The molecule has 1 aliphatic heterocycles. The number of amides is 2. The molecule has 0 aromatic carbocycles. The van der Waals surface area contributed by atoms with Gasteiger partial charge < -0.3 is 4.84 Å². The molecular weight excluding hydrogens is 290 g/mol. The van der Waals surface area contributed by atoms with Crippen molar-refractivity contribution < 1.29 is 19.2 Å². The smallest absolute Gasteiger partial charge is 0.330 e. The van der Waals surface area contributed by atoms with Gasteiger partial charge in [-0.3, -0.25) is 9.59 Å². The highest BCUT2D eigenvalue weighted by Gasteiger charge is 2.32. The fourth-order valence-corrected chi connectivity index (χ4v) is 2.47. The van der Waals surface area contributed by atoms with Crippen LogP contribution >= 0.6 is 12.6 Å². The first kappa shape index (κ1) is 18.0. The summed E-state index contributed by atoms with van der Waals surface area (Å²) in [6.07, 6.45) is 9.46. The maximum Gasteiger partial charge on any atom is 0.333 e. The minimum atomic E-state index is -0.493. The molecule has 120 valence electrons. The Hall–Kier alpha value is -1.04. The van der Waals surface area contributed by atoms with Gasteiger partial charge in [0.1, 0.15) is 0 Å². The maximum absolute atomic E-state index is 11.5. The normalized spacial score (nSPS) is 14.8. The van der Waals surface area contributed by atoms with E-state index in [0.717, 1.165) is 25.0 Å². The fraction of sp³-hybridized carbons (Fsp3) is 0.800. The second-order valence-electron chi connectivity index (χ2n) is 5.35. The molecule has 2 amide bonds. The molecule has 0 spiro atoms. The number of nitrogens with zero attached hydrogens (tertiary/aromatic N) is 1. The second kappa shape index (κ2) is 10.7. The zero-order valence-corrected chi connectivity index (χ0v) is 13.4. The molecule has 0 N–H and O–H groups in total. The van der Waals surface area contributed by atoms with Gasteiger partial charge in [-0.1, -0.05) is 38.5 Å². The molecule has 0 radical (unpaired) electrons. The number of unbranched alkanes of at least 4 members (excludes halogenated alkanes) is 7. The van der Waals surface area contributed by atoms with Crippen molar-refractivity contribution in [2.75, 3.05) is 5.75 Å². The highest BCUT2D eigenvalue weighted by atomic mass is 32.1. The lowest BCUT2D eigenvalue weighted by Crippen LogP contribution is -2.31. The topological polar surface area (TPSA) is 63.7 Å². The van der Waals surface area contributed by atoms with E-state index in [9.17, 15) is 14.4 Å². The first-order valence-corrected chi connectivity index (χ1v) is 8.46. The molecule has 6 heteroatoms. The SMILES string of the molecule is O=C(CCCCCCCCCCS)ON1C(=O)CCC1=O. The molecule has 1 heterocycles. The van der Waals surface area contributed by atoms with Gasteiger partial charge in [0.25, 0.3) is 11.8 Å². The van der Waals surface area contributed by atoms with Crippen LogP contribution < -0.4 is 0 Å². The minimum Gasteiger partial charge on any atom is -0.330 e. The monoisotopic (exact) mass is 315 g/mol. The Bertz CT molecular complexity index is 344. The third kappa shape index (κ3) is 7.50. The Kier molecular flexibility index (Phi) is 9.14. The first-order chi connectivity index (χ1) is 10.1. The van der Waals surface area contributed by atoms with Gasteiger partial charge in [-0.05, 0) is 18.6 Å². The van der Waals surface area contributed by atoms with Gasteiger partial charge in [0.15, 0.2) is 0 Å². The van der Waals surface area contributed by atoms with Gasteiger partial charge in [-0.15, -0.1) is 5.06 Å². The molecule has 0 aromatic heterocycles. The van der Waals surface area contributed by atoms with Crippen LogP contribution in [0.1, 0.15) is 70.6 Å². The van der Waals surface area contributed by atoms with Crippen molar-refractivity contribution in [1.29, 1.82) is 0 Å². The zero-order chi connectivity index (χ0) is 15.5. The third-order valence-corrected chi connectivity index (χ3v) is 3.80. The minimum absolute atomic E-state index is 0.138. The van der Waals surface area contributed by atoms with Gasteiger partial charge in [0.05, 0.1) is 0 Å². The number of carbonyl (C=O) groups excluding carboxylic acids is 3. The van der Waals surface area contributed by atoms with Crippen LogP contribution in [-0.4, -0.2) is 28.6 Å². The Morgan fingerprint density at radius 1 is 0.905 bits per heavy atom. The molecule has 0 unspecified atom stereocenters. The standard InChI is InChI=1S/C15H25NO4S/c17-13-10-11-14(18)16(13)20-15(19)9-7-5-3-1-2-4-6-8-12-21/h21H,1-12H2. The first-order valence-electron chi connectivity index (χ1n) is 7.82. The zero-order valence-electron chi connectivity index (χ0n) is 12.5. The molecule has 1 aliphatic rings. The van der Waals surface area contributed by atoms with Crippen LogP contribution in [-0.2, 0) is 19.2 Å². The number of hydroxylamine groups is 2. The van der Waals surface area contributed by atoms with E-state index in [4.69, 9.17) is 4.84 Å². The molecule has 0 aromatic rings. The lowest BCUT2D eigenvalue weighted by molar-refractivity contribution is -0.197. The Labute approximate surface area is 131 Å². The van der Waals surface area contributed by atoms with Crippen molar-refractivity contribution in [1.82, 2.24) is 5.06 Å². The van der Waals surface area contributed by atoms with Crippen LogP contribution in [0.5, 0.6) is 0 Å². The van der Waals surface area contributed by atoms with Gasteiger partial charge >= 0.3 is 5.97 Å². The number of thiol groups is 1. The summed E-state index contributed by atoms with van der Waals surface area (Å²) in [5.74, 6) is -0.374. The van der Waals surface area contributed by atoms with E-state index in [1.807, 2.05) is 0 Å². The number of hydrogen-bond donors (Lipinski definition) is 1. The third-order valence-electron chi connectivity index (χ3n) is 3.49. The summed E-state index contributed by atoms with van der Waals surface area (Å²) in [5.41, 5.74) is 0. The van der Waals surface area contributed by atoms with Crippen molar-refractivity contribution in [3.05, 3.63) is 0 Å². The van der Waals surface area contributed by atoms with Crippen LogP contribution in [0.3, 0.4) is 0 Å². The van der Waals surface area contributed by atoms with E-state index < -0.39 is 17.8 Å². The number of imide groups is 1. The summed E-state index contributed by atoms with van der Waals surface area (Å²) in [5, 5.41) is 0.615. The van der Waals surface area contributed by atoms with Crippen LogP contribution in [0.2, 0.25) is 0 Å². The second-order valence-corrected chi connectivity index (χ2v) is 5.79. The molecule has 5 nitrogen and oxygen atoms in total. The summed E-state index contributed by atoms with van der Waals surface area (Å²) in [6, 6.07) is 0. The van der Waals surface area contributed by atoms with Gasteiger partial charge in [0, 0.05) is 19.3 Å². The highest BCUT2D eigenvalue weighted by Crippen LogP contribution is 2.14. The maximum atomic E-state index is 11.5. The number of hydrogen-bond acceptors (Lipinski definition) is 5. The number of carbonyl (C=O) groups is 3. The molecule has 0 bridgehead atoms. The van der Waals surface area contributed by atoms with E-state index in [1.165, 1.54) is 32.1 Å². The predicted molar refractivity (Wildman–Crippen MR) is 82.6 cm³/mol. The van der Waals surface area contributed by atoms with E-state index in [1.54, 1.807) is 0 Å². The van der Waals surface area contributed by atoms with Gasteiger partial charge in [-0.2, -0.15) is 12.6 Å². The highest BCUT2D eigenvalue weighted by molar-refractivity contribution is 7.80. The molecule has 1 fully saturated rings. The predicted octanol–water partition coefficient (Wildman–Crippen LogP) is 3.03. The average Bonchev–Trinajstić information content (AvgIpc) is 2.77. The summed E-state index contributed by atoms with van der Waals surface area (Å²) >= 11 is 4.17. The molecule has 0 aliphatic carbocycles. The summed E-state index contributed by atoms with van der Waals surface area (Å²) in [6.45, 7) is 0. The summed E-state index contributed by atoms with van der Waals surface area (Å²) in [4.78, 5) is 38.9. The molecule has 1 saturated heterocycles. The molecule has 0 saturated carbocycles. The van der Waals surface area contributed by atoms with E-state index in [2.05, 4.69) is 12.6 Å². The van der Waals surface area contributed by atoms with E-state index in [-0.39, 0.29) is 19.3 Å². The molecular formula is C15H25NO4S. The van der Waals surface area contributed by atoms with Crippen molar-refractivity contribution >= 4 is 30.4 Å². The Balaban J connectivity index is 1.96. The molecule has 21 heavy (non-hydrogen) atoms. The number of rotatable bonds is 11. The average molecular weight is 315 g/mol. The molecule has 0 atom stereocenters. The van der Waals surface area contributed by atoms with Gasteiger partial charge in [-0.25, -0.2) is 4.79 Å². The lowest BCUT2D eigenvalue weighted by Gasteiger charge is -2.12. The van der Waals surface area contributed by atoms with Crippen molar-refractivity contribution in [3.63, 3.8) is 0 Å². The van der Waals surface area contributed by atoms with E-state index >= 15 is 0 Å². The Morgan fingerprint density at radius 2 is 1.38 bits per heavy atom. The fourth-order valence-electron chi connectivity index (χ4n) is 2.25. The Morgan fingerprint density at radius 3 is 1.90 bits per heavy atom. The van der Waals surface area contributed by atoms with Crippen LogP contribution in [0.4, 0.5) is 0 Å².